The molecular formula is C13H16N2O6. The molecule has 0 fully saturated rings. The zero-order valence-corrected chi connectivity index (χ0v) is 11.7. The number of nitro benzene ring substituents is 1. The van der Waals surface area contributed by atoms with Crippen LogP contribution in [-0.4, -0.2) is 46.5 Å². The molecule has 0 aromatic heterocycles. The van der Waals surface area contributed by atoms with Gasteiger partial charge in [0.1, 0.15) is 11.3 Å². The highest BCUT2D eigenvalue weighted by atomic mass is 16.6. The van der Waals surface area contributed by atoms with Crippen LogP contribution in [0.4, 0.5) is 5.69 Å². The number of ether oxygens (including phenoxy) is 1. The number of benzene rings is 1. The van der Waals surface area contributed by atoms with Gasteiger partial charge in [-0.1, -0.05) is 0 Å². The first-order valence-electron chi connectivity index (χ1n) is 6.33. The minimum absolute atomic E-state index is 0.0754. The van der Waals surface area contributed by atoms with Crippen LogP contribution in [-0.2, 0) is 4.79 Å². The molecule has 8 nitrogen and oxygen atoms in total. The second-order valence-corrected chi connectivity index (χ2v) is 4.10. The molecule has 0 aliphatic rings. The Morgan fingerprint density at radius 1 is 1.33 bits per heavy atom. The molecule has 1 aromatic rings. The summed E-state index contributed by atoms with van der Waals surface area (Å²) in [5.74, 6) is -1.72. The van der Waals surface area contributed by atoms with E-state index in [0.29, 0.717) is 13.1 Å². The van der Waals surface area contributed by atoms with Crippen molar-refractivity contribution in [2.24, 2.45) is 0 Å². The van der Waals surface area contributed by atoms with E-state index in [2.05, 4.69) is 0 Å². The van der Waals surface area contributed by atoms with Crippen molar-refractivity contribution >= 4 is 17.6 Å². The smallest absolute Gasteiger partial charge is 0.339 e. The molecule has 8 heteroatoms. The summed E-state index contributed by atoms with van der Waals surface area (Å²) >= 11 is 0. The number of carboxylic acid groups (broad SMARTS) is 1. The fraction of sp³-hybridized carbons (Fsp3) is 0.385. The molecule has 114 valence electrons. The van der Waals surface area contributed by atoms with Gasteiger partial charge in [-0.3, -0.25) is 14.9 Å². The Hall–Kier alpha value is -2.64. The maximum absolute atomic E-state index is 11.8. The Bertz CT molecular complexity index is 554. The molecule has 0 unspecified atom stereocenters. The van der Waals surface area contributed by atoms with Gasteiger partial charge in [-0.25, -0.2) is 4.79 Å². The van der Waals surface area contributed by atoms with Crippen LogP contribution in [0, 0.1) is 10.1 Å². The molecule has 0 saturated carbocycles. The van der Waals surface area contributed by atoms with Gasteiger partial charge in [-0.15, -0.1) is 0 Å². The van der Waals surface area contributed by atoms with Crippen molar-refractivity contribution in [3.63, 3.8) is 0 Å². The molecule has 1 amide bonds. The van der Waals surface area contributed by atoms with E-state index in [1.165, 1.54) is 11.0 Å². The standard InChI is InChI=1S/C13H16N2O6/c1-3-14(4-2)12(16)8-21-11-6-5-9(15(19)20)7-10(11)13(17)18/h5-7H,3-4,8H2,1-2H3,(H,17,18). The number of amides is 1. The maximum atomic E-state index is 11.8. The first-order valence-corrected chi connectivity index (χ1v) is 6.33. The van der Waals surface area contributed by atoms with E-state index in [0.717, 1.165) is 12.1 Å². The van der Waals surface area contributed by atoms with Gasteiger partial charge in [0.05, 0.1) is 4.92 Å². The van der Waals surface area contributed by atoms with E-state index in [4.69, 9.17) is 9.84 Å². The van der Waals surface area contributed by atoms with Crippen LogP contribution in [0.1, 0.15) is 24.2 Å². The van der Waals surface area contributed by atoms with Crippen LogP contribution in [0.5, 0.6) is 5.75 Å². The fourth-order valence-corrected chi connectivity index (χ4v) is 1.73. The van der Waals surface area contributed by atoms with Gasteiger partial charge >= 0.3 is 5.97 Å². The summed E-state index contributed by atoms with van der Waals surface area (Å²) in [4.78, 5) is 34.3. The third-order valence-corrected chi connectivity index (χ3v) is 2.87. The first kappa shape index (κ1) is 16.4. The Kier molecular flexibility index (Phi) is 5.65. The van der Waals surface area contributed by atoms with Gasteiger partial charge < -0.3 is 14.7 Å². The molecule has 0 bridgehead atoms. The number of rotatable bonds is 7. The predicted molar refractivity (Wildman–Crippen MR) is 73.5 cm³/mol. The number of nitrogens with zero attached hydrogens (tertiary/aromatic N) is 2. The lowest BCUT2D eigenvalue weighted by Gasteiger charge is -2.19. The van der Waals surface area contributed by atoms with Gasteiger partial charge in [0.25, 0.3) is 11.6 Å². The molecule has 1 N–H and O–H groups in total. The average Bonchev–Trinajstić information content (AvgIpc) is 2.45. The summed E-state index contributed by atoms with van der Waals surface area (Å²) in [5.41, 5.74) is -0.702. The summed E-state index contributed by atoms with van der Waals surface area (Å²) < 4.78 is 5.18. The van der Waals surface area contributed by atoms with Crippen LogP contribution in [0.2, 0.25) is 0 Å². The van der Waals surface area contributed by atoms with E-state index in [-0.39, 0.29) is 29.5 Å². The molecule has 1 aromatic carbocycles. The number of aromatic carboxylic acids is 1. The molecule has 0 aliphatic heterocycles. The minimum atomic E-state index is -1.36. The summed E-state index contributed by atoms with van der Waals surface area (Å²) in [6.45, 7) is 4.35. The van der Waals surface area contributed by atoms with Crippen molar-refractivity contribution in [3.8, 4) is 5.75 Å². The lowest BCUT2D eigenvalue weighted by Crippen LogP contribution is -2.34. The topological polar surface area (TPSA) is 110 Å². The third kappa shape index (κ3) is 4.16. The first-order chi connectivity index (χ1) is 9.90. The highest BCUT2D eigenvalue weighted by molar-refractivity contribution is 5.92. The SMILES string of the molecule is CCN(CC)C(=O)COc1ccc([N+](=O)[O-])cc1C(=O)O. The van der Waals surface area contributed by atoms with Crippen molar-refractivity contribution in [1.29, 1.82) is 0 Å². The van der Waals surface area contributed by atoms with E-state index in [9.17, 15) is 19.7 Å². The summed E-state index contributed by atoms with van der Waals surface area (Å²) in [6, 6.07) is 3.21. The van der Waals surface area contributed by atoms with Crippen molar-refractivity contribution in [3.05, 3.63) is 33.9 Å². The van der Waals surface area contributed by atoms with Crippen LogP contribution < -0.4 is 4.74 Å². The van der Waals surface area contributed by atoms with Gasteiger partial charge in [0.15, 0.2) is 6.61 Å². The number of hydrogen-bond acceptors (Lipinski definition) is 5. The van der Waals surface area contributed by atoms with Crippen LogP contribution in [0.25, 0.3) is 0 Å². The highest BCUT2D eigenvalue weighted by Gasteiger charge is 2.18. The molecule has 0 radical (unpaired) electrons. The second kappa shape index (κ2) is 7.22. The quantitative estimate of drug-likeness (QED) is 0.603. The van der Waals surface area contributed by atoms with Crippen molar-refractivity contribution in [1.82, 2.24) is 4.90 Å². The average molecular weight is 296 g/mol. The lowest BCUT2D eigenvalue weighted by atomic mass is 10.2. The van der Waals surface area contributed by atoms with E-state index >= 15 is 0 Å². The Labute approximate surface area is 121 Å². The second-order valence-electron chi connectivity index (χ2n) is 4.10. The molecule has 21 heavy (non-hydrogen) atoms. The Morgan fingerprint density at radius 2 is 1.95 bits per heavy atom. The molecular weight excluding hydrogens is 280 g/mol. The molecule has 0 saturated heterocycles. The van der Waals surface area contributed by atoms with Gasteiger partial charge in [0, 0.05) is 25.2 Å². The maximum Gasteiger partial charge on any atom is 0.339 e. The molecule has 0 spiro atoms. The summed E-state index contributed by atoms with van der Waals surface area (Å²) in [5, 5.41) is 19.7. The van der Waals surface area contributed by atoms with Crippen LogP contribution in [0.3, 0.4) is 0 Å². The van der Waals surface area contributed by atoms with Crippen molar-refractivity contribution in [2.75, 3.05) is 19.7 Å². The van der Waals surface area contributed by atoms with E-state index in [1.807, 2.05) is 13.8 Å². The van der Waals surface area contributed by atoms with Crippen molar-refractivity contribution < 1.29 is 24.4 Å². The number of carbonyl (C=O) groups is 2. The zero-order chi connectivity index (χ0) is 16.0. The lowest BCUT2D eigenvalue weighted by molar-refractivity contribution is -0.384. The van der Waals surface area contributed by atoms with Gasteiger partial charge in [-0.05, 0) is 19.9 Å². The monoisotopic (exact) mass is 296 g/mol. The Balaban J connectivity index is 2.91. The number of nitro groups is 1. The minimum Gasteiger partial charge on any atom is -0.483 e. The zero-order valence-electron chi connectivity index (χ0n) is 11.7. The number of hydrogen-bond donors (Lipinski definition) is 1. The van der Waals surface area contributed by atoms with Crippen molar-refractivity contribution in [2.45, 2.75) is 13.8 Å². The number of carbonyl (C=O) groups excluding carboxylic acids is 1. The van der Waals surface area contributed by atoms with E-state index in [1.54, 1.807) is 0 Å². The molecule has 0 atom stereocenters. The van der Waals surface area contributed by atoms with Crippen LogP contribution >= 0.6 is 0 Å². The molecule has 0 heterocycles. The van der Waals surface area contributed by atoms with Gasteiger partial charge in [-0.2, -0.15) is 0 Å². The largest absolute Gasteiger partial charge is 0.483 e. The fourth-order valence-electron chi connectivity index (χ4n) is 1.73. The molecule has 0 aliphatic carbocycles. The third-order valence-electron chi connectivity index (χ3n) is 2.87. The predicted octanol–water partition coefficient (Wildman–Crippen LogP) is 1.54. The summed E-state index contributed by atoms with van der Waals surface area (Å²) in [6.07, 6.45) is 0. The van der Waals surface area contributed by atoms with E-state index < -0.39 is 10.9 Å². The number of carboxylic acids is 1. The number of likely N-dealkylation sites (N-methyl/N-ethyl adjacent to an activating group) is 1. The normalized spacial score (nSPS) is 10.0. The molecule has 1 rings (SSSR count). The number of non-ortho nitro benzene ring substituents is 1. The van der Waals surface area contributed by atoms with Crippen LogP contribution in [0.15, 0.2) is 18.2 Å². The Morgan fingerprint density at radius 3 is 2.43 bits per heavy atom. The summed E-state index contributed by atoms with van der Waals surface area (Å²) in [7, 11) is 0. The van der Waals surface area contributed by atoms with Gasteiger partial charge in [0.2, 0.25) is 0 Å². The highest BCUT2D eigenvalue weighted by Crippen LogP contribution is 2.24.